The van der Waals surface area contributed by atoms with Crippen molar-refractivity contribution in [1.82, 2.24) is 10.6 Å². The van der Waals surface area contributed by atoms with Crippen LogP contribution in [-0.2, 0) is 24.2 Å². The van der Waals surface area contributed by atoms with E-state index in [2.05, 4.69) is 28.8 Å². The summed E-state index contributed by atoms with van der Waals surface area (Å²) in [5, 5.41) is 6.46. The third kappa shape index (κ3) is 4.24. The standard InChI is InChI=1S/C24H28N2O4/c27-24(26-12-16-4-7-22-23(9-16)30-15-29-22)20-8-17(11-25-13-20)14-28-21-6-5-18-2-1-3-19(18)10-21/h4-7,9-10,17,20,25H,1-3,8,11-15H2,(H,26,27)/t17-,20+/m0/s1. The third-order valence-electron chi connectivity index (χ3n) is 6.27. The average molecular weight is 408 g/mol. The van der Waals surface area contributed by atoms with Crippen LogP contribution < -0.4 is 24.8 Å². The number of rotatable bonds is 6. The van der Waals surface area contributed by atoms with Crippen LogP contribution in [0.5, 0.6) is 17.2 Å². The van der Waals surface area contributed by atoms with Crippen molar-refractivity contribution in [3.63, 3.8) is 0 Å². The van der Waals surface area contributed by atoms with Crippen molar-refractivity contribution in [3.05, 3.63) is 53.1 Å². The zero-order chi connectivity index (χ0) is 20.3. The van der Waals surface area contributed by atoms with Gasteiger partial charge in [-0.1, -0.05) is 12.1 Å². The number of aryl methyl sites for hydroxylation is 2. The minimum atomic E-state index is -0.0404. The Morgan fingerprint density at radius 1 is 1.07 bits per heavy atom. The molecule has 0 radical (unpaired) electrons. The number of amides is 1. The molecular weight excluding hydrogens is 380 g/mol. The lowest BCUT2D eigenvalue weighted by atomic mass is 9.90. The maximum Gasteiger partial charge on any atom is 0.231 e. The number of carbonyl (C=O) groups excluding carboxylic acids is 1. The van der Waals surface area contributed by atoms with Crippen LogP contribution in [0.15, 0.2) is 36.4 Å². The second-order valence-corrected chi connectivity index (χ2v) is 8.46. The Morgan fingerprint density at radius 3 is 2.93 bits per heavy atom. The van der Waals surface area contributed by atoms with Crippen molar-refractivity contribution >= 4 is 5.91 Å². The lowest BCUT2D eigenvalue weighted by Gasteiger charge is -2.29. The van der Waals surface area contributed by atoms with Crippen LogP contribution in [0.3, 0.4) is 0 Å². The minimum Gasteiger partial charge on any atom is -0.493 e. The van der Waals surface area contributed by atoms with Crippen molar-refractivity contribution in [2.45, 2.75) is 32.2 Å². The molecule has 0 saturated carbocycles. The Labute approximate surface area is 176 Å². The highest BCUT2D eigenvalue weighted by Gasteiger charge is 2.27. The van der Waals surface area contributed by atoms with Gasteiger partial charge in [-0.05, 0) is 66.6 Å². The number of nitrogens with one attached hydrogen (secondary N) is 2. The van der Waals surface area contributed by atoms with Crippen molar-refractivity contribution in [2.75, 3.05) is 26.5 Å². The molecule has 1 aliphatic carbocycles. The molecule has 30 heavy (non-hydrogen) atoms. The molecule has 2 heterocycles. The van der Waals surface area contributed by atoms with Gasteiger partial charge in [0.05, 0.1) is 12.5 Å². The van der Waals surface area contributed by atoms with E-state index >= 15 is 0 Å². The molecule has 3 aliphatic rings. The molecule has 2 atom stereocenters. The molecule has 0 unspecified atom stereocenters. The Hall–Kier alpha value is -2.73. The van der Waals surface area contributed by atoms with E-state index in [0.29, 0.717) is 25.6 Å². The van der Waals surface area contributed by atoms with Gasteiger partial charge in [0.1, 0.15) is 5.75 Å². The van der Waals surface area contributed by atoms with Gasteiger partial charge in [0, 0.05) is 25.6 Å². The van der Waals surface area contributed by atoms with Gasteiger partial charge in [-0.15, -0.1) is 0 Å². The van der Waals surface area contributed by atoms with E-state index in [9.17, 15) is 4.79 Å². The molecule has 6 heteroatoms. The number of hydrogen-bond donors (Lipinski definition) is 2. The van der Waals surface area contributed by atoms with Crippen molar-refractivity contribution in [1.29, 1.82) is 0 Å². The van der Waals surface area contributed by atoms with Crippen LogP contribution in [0.25, 0.3) is 0 Å². The van der Waals surface area contributed by atoms with Gasteiger partial charge < -0.3 is 24.8 Å². The Bertz CT molecular complexity index is 929. The van der Waals surface area contributed by atoms with E-state index in [1.807, 2.05) is 18.2 Å². The molecule has 1 saturated heterocycles. The fourth-order valence-corrected chi connectivity index (χ4v) is 4.59. The molecule has 158 valence electrons. The number of benzene rings is 2. The van der Waals surface area contributed by atoms with Gasteiger partial charge in [-0.25, -0.2) is 0 Å². The van der Waals surface area contributed by atoms with Gasteiger partial charge in [-0.3, -0.25) is 4.79 Å². The number of carbonyl (C=O) groups is 1. The lowest BCUT2D eigenvalue weighted by Crippen LogP contribution is -2.45. The topological polar surface area (TPSA) is 68.8 Å². The summed E-state index contributed by atoms with van der Waals surface area (Å²) < 4.78 is 16.8. The molecule has 0 spiro atoms. The molecule has 2 N–H and O–H groups in total. The van der Waals surface area contributed by atoms with Crippen molar-refractivity contribution in [3.8, 4) is 17.2 Å². The zero-order valence-corrected chi connectivity index (χ0v) is 17.1. The normalized spacial score (nSPS) is 21.9. The summed E-state index contributed by atoms with van der Waals surface area (Å²) in [5.74, 6) is 2.82. The highest BCUT2D eigenvalue weighted by Crippen LogP contribution is 2.32. The number of fused-ring (bicyclic) bond motifs is 2. The molecule has 1 fully saturated rings. The van der Waals surface area contributed by atoms with Crippen molar-refractivity contribution < 1.29 is 19.0 Å². The van der Waals surface area contributed by atoms with Gasteiger partial charge in [0.15, 0.2) is 11.5 Å². The van der Waals surface area contributed by atoms with Gasteiger partial charge >= 0.3 is 0 Å². The molecule has 2 aromatic carbocycles. The summed E-state index contributed by atoms with van der Waals surface area (Å²) in [6.07, 6.45) is 4.42. The average Bonchev–Trinajstić information content (AvgIpc) is 3.44. The lowest BCUT2D eigenvalue weighted by molar-refractivity contribution is -0.126. The van der Waals surface area contributed by atoms with Crippen LogP contribution in [0.2, 0.25) is 0 Å². The highest BCUT2D eigenvalue weighted by molar-refractivity contribution is 5.79. The number of hydrogen-bond acceptors (Lipinski definition) is 5. The molecular formula is C24H28N2O4. The van der Waals surface area contributed by atoms with Crippen LogP contribution in [-0.4, -0.2) is 32.4 Å². The first-order valence-electron chi connectivity index (χ1n) is 10.9. The van der Waals surface area contributed by atoms with E-state index in [4.69, 9.17) is 14.2 Å². The van der Waals surface area contributed by atoms with Crippen LogP contribution >= 0.6 is 0 Å². The maximum absolute atomic E-state index is 12.7. The predicted octanol–water partition coefficient (Wildman–Crippen LogP) is 2.82. The Balaban J connectivity index is 1.11. The van der Waals surface area contributed by atoms with Crippen molar-refractivity contribution in [2.24, 2.45) is 11.8 Å². The second-order valence-electron chi connectivity index (χ2n) is 8.46. The summed E-state index contributed by atoms with van der Waals surface area (Å²) in [5.41, 5.74) is 3.89. The van der Waals surface area contributed by atoms with E-state index in [-0.39, 0.29) is 18.6 Å². The summed E-state index contributed by atoms with van der Waals surface area (Å²) in [6.45, 7) is 2.98. The van der Waals surface area contributed by atoms with E-state index in [1.165, 1.54) is 24.0 Å². The fraction of sp³-hybridized carbons (Fsp3) is 0.458. The minimum absolute atomic E-state index is 0.0404. The van der Waals surface area contributed by atoms with Crippen LogP contribution in [0.1, 0.15) is 29.5 Å². The highest BCUT2D eigenvalue weighted by atomic mass is 16.7. The third-order valence-corrected chi connectivity index (χ3v) is 6.27. The van der Waals surface area contributed by atoms with Gasteiger partial charge in [-0.2, -0.15) is 0 Å². The number of piperidine rings is 1. The molecule has 1 amide bonds. The van der Waals surface area contributed by atoms with Crippen LogP contribution in [0.4, 0.5) is 0 Å². The zero-order valence-electron chi connectivity index (χ0n) is 17.1. The maximum atomic E-state index is 12.7. The van der Waals surface area contributed by atoms with E-state index < -0.39 is 0 Å². The first-order chi connectivity index (χ1) is 14.7. The first-order valence-corrected chi connectivity index (χ1v) is 10.9. The largest absolute Gasteiger partial charge is 0.493 e. The summed E-state index contributed by atoms with van der Waals surface area (Å²) in [7, 11) is 0. The molecule has 2 aliphatic heterocycles. The van der Waals surface area contributed by atoms with Gasteiger partial charge in [0.25, 0.3) is 0 Å². The second kappa shape index (κ2) is 8.56. The molecule has 5 rings (SSSR count). The smallest absolute Gasteiger partial charge is 0.231 e. The quantitative estimate of drug-likeness (QED) is 0.769. The molecule has 2 aromatic rings. The summed E-state index contributed by atoms with van der Waals surface area (Å²) >= 11 is 0. The number of ether oxygens (including phenoxy) is 3. The Kier molecular flexibility index (Phi) is 5.49. The molecule has 6 nitrogen and oxygen atoms in total. The SMILES string of the molecule is O=C(NCc1ccc2c(c1)OCO2)[C@H]1CNC[C@@H](COc2ccc3c(c2)CCC3)C1. The predicted molar refractivity (Wildman–Crippen MR) is 113 cm³/mol. The van der Waals surface area contributed by atoms with Crippen LogP contribution in [0, 0.1) is 11.8 Å². The summed E-state index contributed by atoms with van der Waals surface area (Å²) in [6, 6.07) is 12.2. The Morgan fingerprint density at radius 2 is 1.97 bits per heavy atom. The van der Waals surface area contributed by atoms with E-state index in [1.54, 1.807) is 0 Å². The van der Waals surface area contributed by atoms with E-state index in [0.717, 1.165) is 42.2 Å². The first kappa shape index (κ1) is 19.2. The molecule has 0 bridgehead atoms. The monoisotopic (exact) mass is 408 g/mol. The fourth-order valence-electron chi connectivity index (χ4n) is 4.59. The summed E-state index contributed by atoms with van der Waals surface area (Å²) in [4.78, 5) is 12.7. The van der Waals surface area contributed by atoms with Gasteiger partial charge in [0.2, 0.25) is 12.7 Å². The molecule has 0 aromatic heterocycles.